The van der Waals surface area contributed by atoms with Crippen LogP contribution in [0.25, 0.3) is 66.1 Å². The first-order valence-electron chi connectivity index (χ1n) is 20.7. The van der Waals surface area contributed by atoms with Gasteiger partial charge in [-0.05, 0) is 98.0 Å². The molecule has 8 heteroatoms. The molecule has 61 heavy (non-hydrogen) atoms. The molecule has 0 spiro atoms. The molecule has 0 aliphatic carbocycles. The van der Waals surface area contributed by atoms with Gasteiger partial charge in [-0.3, -0.25) is 0 Å². The average molecular weight is 831 g/mol. The van der Waals surface area contributed by atoms with Crippen molar-refractivity contribution in [2.45, 2.75) is 111 Å². The summed E-state index contributed by atoms with van der Waals surface area (Å²) in [6.07, 6.45) is -4.98. The Morgan fingerprint density at radius 3 is 0.967 bits per heavy atom. The fourth-order valence-electron chi connectivity index (χ4n) is 8.58. The van der Waals surface area contributed by atoms with E-state index < -0.39 is 29.2 Å². The van der Waals surface area contributed by atoms with E-state index >= 15 is 22.0 Å². The first-order chi connectivity index (χ1) is 28.2. The van der Waals surface area contributed by atoms with E-state index in [1.165, 1.54) is 12.1 Å². The third-order valence-corrected chi connectivity index (χ3v) is 12.2. The van der Waals surface area contributed by atoms with Gasteiger partial charge in [0.2, 0.25) is 0 Å². The highest BCUT2D eigenvalue weighted by molar-refractivity contribution is 6.11. The van der Waals surface area contributed by atoms with Crippen molar-refractivity contribution >= 4 is 43.6 Å². The van der Waals surface area contributed by atoms with E-state index in [-0.39, 0.29) is 44.2 Å². The van der Waals surface area contributed by atoms with Crippen LogP contribution in [0.3, 0.4) is 0 Å². The molecule has 0 atom stereocenters. The maximum absolute atomic E-state index is 16.7. The maximum Gasteiger partial charge on any atom is 0.420 e. The monoisotopic (exact) mass is 830 g/mol. The number of fused-ring (bicyclic) bond motifs is 6. The second kappa shape index (κ2) is 13.8. The zero-order chi connectivity index (χ0) is 44.5. The molecular formula is C53H52F6N2. The summed E-state index contributed by atoms with van der Waals surface area (Å²) in [7, 11) is 0. The largest absolute Gasteiger partial charge is 0.420 e. The first-order valence-corrected chi connectivity index (χ1v) is 20.7. The van der Waals surface area contributed by atoms with Crippen LogP contribution in [0.15, 0.2) is 97.1 Å². The number of benzene rings is 6. The third-order valence-electron chi connectivity index (χ3n) is 12.2. The van der Waals surface area contributed by atoms with Crippen molar-refractivity contribution in [3.05, 3.63) is 142 Å². The summed E-state index contributed by atoms with van der Waals surface area (Å²) in [5.74, 6) is -4.59. The smallest absolute Gasteiger partial charge is 0.309 e. The van der Waals surface area contributed by atoms with Gasteiger partial charge in [-0.15, -0.1) is 0 Å². The van der Waals surface area contributed by atoms with Crippen LogP contribution in [0, 0.1) is 17.5 Å². The van der Waals surface area contributed by atoms with E-state index in [0.717, 1.165) is 55.9 Å². The Balaban J connectivity index is 1.66. The summed E-state index contributed by atoms with van der Waals surface area (Å²) in [4.78, 5) is 0. The molecule has 0 aliphatic heterocycles. The summed E-state index contributed by atoms with van der Waals surface area (Å²) in [5, 5.41) is 2.96. The molecule has 0 aliphatic rings. The molecule has 0 fully saturated rings. The van der Waals surface area contributed by atoms with Crippen molar-refractivity contribution < 1.29 is 26.3 Å². The summed E-state index contributed by atoms with van der Waals surface area (Å²) >= 11 is 0. The van der Waals surface area contributed by atoms with Gasteiger partial charge in [-0.2, -0.15) is 13.2 Å². The number of hydrogen-bond donors (Lipinski definition) is 0. The van der Waals surface area contributed by atoms with Gasteiger partial charge in [-0.25, -0.2) is 13.2 Å². The highest BCUT2D eigenvalue weighted by atomic mass is 19.4. The van der Waals surface area contributed by atoms with Gasteiger partial charge in [0.05, 0.1) is 33.4 Å². The number of nitrogens with zero attached hydrogens (tertiary/aromatic N) is 2. The lowest BCUT2D eigenvalue weighted by Crippen LogP contribution is -2.17. The second-order valence-electron chi connectivity index (χ2n) is 20.7. The SMILES string of the molecule is CC(C)(C)c1ccc2c3ccc(C(C)(C)C)cc3n(-c3cc(-c4ccc(F)c(F)c4F)cc(-n4c5cc(C(C)(C)C)ccc5c5ccc(C(C)(C)C)cc54)c3C(F)(F)F)c2c1. The highest BCUT2D eigenvalue weighted by Gasteiger charge is 2.40. The van der Waals surface area contributed by atoms with Crippen LogP contribution in [0.5, 0.6) is 0 Å². The Labute approximate surface area is 353 Å². The lowest BCUT2D eigenvalue weighted by Gasteiger charge is -2.25. The Kier molecular flexibility index (Phi) is 9.51. The quantitative estimate of drug-likeness (QED) is 0.124. The van der Waals surface area contributed by atoms with Gasteiger partial charge >= 0.3 is 6.18 Å². The molecule has 8 rings (SSSR count). The predicted molar refractivity (Wildman–Crippen MR) is 240 cm³/mol. The second-order valence-corrected chi connectivity index (χ2v) is 20.7. The van der Waals surface area contributed by atoms with Gasteiger partial charge < -0.3 is 9.13 Å². The fourth-order valence-corrected chi connectivity index (χ4v) is 8.58. The van der Waals surface area contributed by atoms with Gasteiger partial charge in [-0.1, -0.05) is 132 Å². The Morgan fingerprint density at radius 1 is 0.377 bits per heavy atom. The van der Waals surface area contributed by atoms with Crippen LogP contribution in [0.1, 0.15) is 111 Å². The first kappa shape index (κ1) is 42.2. The van der Waals surface area contributed by atoms with Crippen LogP contribution in [0.4, 0.5) is 26.3 Å². The van der Waals surface area contributed by atoms with Crippen molar-refractivity contribution in [3.63, 3.8) is 0 Å². The normalized spacial score (nSPS) is 13.4. The molecule has 8 aromatic rings. The summed E-state index contributed by atoms with van der Waals surface area (Å²) in [6.45, 7) is 24.6. The predicted octanol–water partition coefficient (Wildman–Crippen LogP) is 16.2. The number of rotatable bonds is 3. The molecular weight excluding hydrogens is 779 g/mol. The Bertz CT molecular complexity index is 2760. The molecule has 6 aromatic carbocycles. The minimum Gasteiger partial charge on any atom is -0.309 e. The standard InChI is InChI=1S/C53H52F6N2/c1-49(2,3)30-13-17-35-36-18-14-31(50(4,5)6)26-41(36)60(40(35)25-30)44-23-29(34-21-22-39(54)48(56)47(34)55)24-45(46(44)53(57,58)59)61-42-27-32(51(7,8)9)15-19-37(42)38-20-16-33(28-43(38)61)52(10,11)12/h13-28H,1-12H3. The Hall–Kier alpha value is -5.50. The number of alkyl halides is 3. The molecule has 2 aromatic heterocycles. The van der Waals surface area contributed by atoms with Gasteiger partial charge in [0, 0.05) is 27.1 Å². The minimum absolute atomic E-state index is 0.0442. The highest BCUT2D eigenvalue weighted by Crippen LogP contribution is 2.48. The zero-order valence-corrected chi connectivity index (χ0v) is 36.9. The van der Waals surface area contributed by atoms with E-state index in [2.05, 4.69) is 0 Å². The molecule has 0 unspecified atom stereocenters. The van der Waals surface area contributed by atoms with Crippen molar-refractivity contribution in [1.82, 2.24) is 9.13 Å². The van der Waals surface area contributed by atoms with Crippen molar-refractivity contribution in [3.8, 4) is 22.5 Å². The molecule has 0 radical (unpaired) electrons. The molecule has 0 amide bonds. The number of aromatic nitrogens is 2. The van der Waals surface area contributed by atoms with Gasteiger partial charge in [0.25, 0.3) is 0 Å². The van der Waals surface area contributed by atoms with Gasteiger partial charge in [0.15, 0.2) is 17.5 Å². The number of halogens is 6. The molecule has 2 nitrogen and oxygen atoms in total. The third kappa shape index (κ3) is 7.10. The minimum atomic E-state index is -4.98. The molecule has 2 heterocycles. The molecule has 0 saturated carbocycles. The van der Waals surface area contributed by atoms with E-state index in [1.54, 1.807) is 9.13 Å². The van der Waals surface area contributed by atoms with Gasteiger partial charge in [0.1, 0.15) is 5.56 Å². The zero-order valence-electron chi connectivity index (χ0n) is 36.9. The van der Waals surface area contributed by atoms with Crippen molar-refractivity contribution in [2.75, 3.05) is 0 Å². The van der Waals surface area contributed by atoms with Crippen LogP contribution < -0.4 is 0 Å². The average Bonchev–Trinajstić information content (AvgIpc) is 3.66. The molecule has 316 valence electrons. The topological polar surface area (TPSA) is 9.86 Å². The van der Waals surface area contributed by atoms with E-state index in [9.17, 15) is 4.39 Å². The van der Waals surface area contributed by atoms with Crippen molar-refractivity contribution in [1.29, 1.82) is 0 Å². The van der Waals surface area contributed by atoms with E-state index in [0.29, 0.717) is 22.1 Å². The lowest BCUT2D eigenvalue weighted by molar-refractivity contribution is -0.137. The lowest BCUT2D eigenvalue weighted by atomic mass is 9.86. The summed E-state index contributed by atoms with van der Waals surface area (Å²) in [6, 6.07) is 28.0. The Morgan fingerprint density at radius 2 is 0.689 bits per heavy atom. The summed E-state index contributed by atoms with van der Waals surface area (Å²) < 4.78 is 99.2. The van der Waals surface area contributed by atoms with Crippen LogP contribution in [-0.2, 0) is 27.8 Å². The van der Waals surface area contributed by atoms with Crippen LogP contribution in [-0.4, -0.2) is 9.13 Å². The fraction of sp³-hybridized carbons (Fsp3) is 0.321. The molecule has 0 saturated heterocycles. The summed E-state index contributed by atoms with van der Waals surface area (Å²) in [5.41, 5.74) is 2.38. The van der Waals surface area contributed by atoms with Crippen LogP contribution in [0.2, 0.25) is 0 Å². The number of hydrogen-bond acceptors (Lipinski definition) is 0. The maximum atomic E-state index is 16.7. The molecule has 0 N–H and O–H groups in total. The van der Waals surface area contributed by atoms with E-state index in [1.807, 2.05) is 156 Å². The van der Waals surface area contributed by atoms with Crippen LogP contribution >= 0.6 is 0 Å². The van der Waals surface area contributed by atoms with Crippen molar-refractivity contribution in [2.24, 2.45) is 0 Å². The van der Waals surface area contributed by atoms with E-state index in [4.69, 9.17) is 0 Å². The molecule has 0 bridgehead atoms.